The topological polar surface area (TPSA) is 33.1 Å². The van der Waals surface area contributed by atoms with Gasteiger partial charge in [-0.2, -0.15) is 0 Å². The Balaban J connectivity index is 2.01. The average Bonchev–Trinajstić information content (AvgIpc) is 2.36. The van der Waals surface area contributed by atoms with Crippen LogP contribution in [0.25, 0.3) is 0 Å². The zero-order valence-corrected chi connectivity index (χ0v) is 10.9. The van der Waals surface area contributed by atoms with Crippen molar-refractivity contribution in [3.05, 3.63) is 65.0 Å². The van der Waals surface area contributed by atoms with Crippen molar-refractivity contribution in [3.8, 4) is 0 Å². The average molecular weight is 241 g/mol. The summed E-state index contributed by atoms with van der Waals surface area (Å²) in [6.07, 6.45) is 4.80. The van der Waals surface area contributed by atoms with Crippen molar-refractivity contribution in [3.63, 3.8) is 0 Å². The van der Waals surface area contributed by atoms with Crippen LogP contribution in [0.2, 0.25) is 0 Å². The molecule has 0 aliphatic heterocycles. The molecule has 0 spiro atoms. The standard InChI is InChI=1S/C16H19NO/c1-12-9-13(2)11-15(10-12)16(18)4-3-14-5-7-17-8-6-14/h5-11,16,18H,3-4H2,1-2H3. The number of aryl methyl sites for hydroxylation is 3. The second kappa shape index (κ2) is 5.78. The van der Waals surface area contributed by atoms with Crippen LogP contribution in [0.5, 0.6) is 0 Å². The number of aliphatic hydroxyl groups is 1. The summed E-state index contributed by atoms with van der Waals surface area (Å²) in [4.78, 5) is 3.99. The first kappa shape index (κ1) is 12.8. The van der Waals surface area contributed by atoms with Crippen LogP contribution < -0.4 is 0 Å². The number of aromatic nitrogens is 1. The minimum Gasteiger partial charge on any atom is -0.388 e. The Hall–Kier alpha value is -1.67. The lowest BCUT2D eigenvalue weighted by atomic mass is 9.98. The van der Waals surface area contributed by atoms with Gasteiger partial charge in [-0.05, 0) is 49.9 Å². The SMILES string of the molecule is Cc1cc(C)cc(C(O)CCc2ccncc2)c1. The third-order valence-corrected chi connectivity index (χ3v) is 3.08. The van der Waals surface area contributed by atoms with Gasteiger partial charge in [-0.25, -0.2) is 0 Å². The highest BCUT2D eigenvalue weighted by atomic mass is 16.3. The number of pyridine rings is 1. The molecule has 18 heavy (non-hydrogen) atoms. The summed E-state index contributed by atoms with van der Waals surface area (Å²) >= 11 is 0. The van der Waals surface area contributed by atoms with Gasteiger partial charge in [-0.1, -0.05) is 29.3 Å². The number of hydrogen-bond donors (Lipinski definition) is 1. The van der Waals surface area contributed by atoms with Crippen molar-refractivity contribution >= 4 is 0 Å². The molecule has 2 rings (SSSR count). The maximum absolute atomic E-state index is 10.2. The van der Waals surface area contributed by atoms with Gasteiger partial charge in [0.15, 0.2) is 0 Å². The van der Waals surface area contributed by atoms with Crippen LogP contribution in [-0.2, 0) is 6.42 Å². The largest absolute Gasteiger partial charge is 0.388 e. The van der Waals surface area contributed by atoms with Crippen molar-refractivity contribution < 1.29 is 5.11 Å². The van der Waals surface area contributed by atoms with Gasteiger partial charge in [0, 0.05) is 12.4 Å². The first-order valence-electron chi connectivity index (χ1n) is 6.30. The zero-order valence-electron chi connectivity index (χ0n) is 10.9. The second-order valence-corrected chi connectivity index (χ2v) is 4.83. The van der Waals surface area contributed by atoms with Gasteiger partial charge in [-0.15, -0.1) is 0 Å². The van der Waals surface area contributed by atoms with Crippen LogP contribution >= 0.6 is 0 Å². The van der Waals surface area contributed by atoms with Gasteiger partial charge in [0.2, 0.25) is 0 Å². The molecular weight excluding hydrogens is 222 g/mol. The van der Waals surface area contributed by atoms with Crippen LogP contribution in [0.3, 0.4) is 0 Å². The highest BCUT2D eigenvalue weighted by Gasteiger charge is 2.08. The lowest BCUT2D eigenvalue weighted by molar-refractivity contribution is 0.167. The molecular formula is C16H19NO. The van der Waals surface area contributed by atoms with E-state index in [1.165, 1.54) is 16.7 Å². The molecule has 1 aromatic carbocycles. The molecule has 1 heterocycles. The summed E-state index contributed by atoms with van der Waals surface area (Å²) in [6.45, 7) is 4.12. The summed E-state index contributed by atoms with van der Waals surface area (Å²) in [5.41, 5.74) is 4.64. The highest BCUT2D eigenvalue weighted by Crippen LogP contribution is 2.21. The molecule has 2 heteroatoms. The lowest BCUT2D eigenvalue weighted by Crippen LogP contribution is -2.00. The minimum absolute atomic E-state index is 0.392. The van der Waals surface area contributed by atoms with E-state index in [-0.39, 0.29) is 0 Å². The van der Waals surface area contributed by atoms with E-state index in [2.05, 4.69) is 37.0 Å². The van der Waals surface area contributed by atoms with E-state index in [0.717, 1.165) is 18.4 Å². The number of rotatable bonds is 4. The fourth-order valence-electron chi connectivity index (χ4n) is 2.22. The second-order valence-electron chi connectivity index (χ2n) is 4.83. The summed E-state index contributed by atoms with van der Waals surface area (Å²) in [5, 5.41) is 10.2. The number of aliphatic hydroxyl groups excluding tert-OH is 1. The quantitative estimate of drug-likeness (QED) is 0.890. The van der Waals surface area contributed by atoms with Crippen molar-refractivity contribution in [2.24, 2.45) is 0 Å². The van der Waals surface area contributed by atoms with E-state index in [1.807, 2.05) is 12.1 Å². The number of benzene rings is 1. The molecule has 1 unspecified atom stereocenters. The molecule has 0 radical (unpaired) electrons. The first-order valence-corrected chi connectivity index (χ1v) is 6.30. The Morgan fingerprint density at radius 3 is 2.28 bits per heavy atom. The van der Waals surface area contributed by atoms with Gasteiger partial charge >= 0.3 is 0 Å². The fraction of sp³-hybridized carbons (Fsp3) is 0.312. The van der Waals surface area contributed by atoms with E-state index in [4.69, 9.17) is 0 Å². The Labute approximate surface area is 108 Å². The highest BCUT2D eigenvalue weighted by molar-refractivity contribution is 5.30. The van der Waals surface area contributed by atoms with Crippen LogP contribution in [0.4, 0.5) is 0 Å². The molecule has 1 aromatic heterocycles. The monoisotopic (exact) mass is 241 g/mol. The summed E-state index contributed by atoms with van der Waals surface area (Å²) in [6, 6.07) is 10.2. The molecule has 2 aromatic rings. The van der Waals surface area contributed by atoms with Crippen LogP contribution in [-0.4, -0.2) is 10.1 Å². The van der Waals surface area contributed by atoms with E-state index >= 15 is 0 Å². The van der Waals surface area contributed by atoms with Crippen molar-refractivity contribution in [2.45, 2.75) is 32.8 Å². The molecule has 1 N–H and O–H groups in total. The minimum atomic E-state index is -0.392. The molecule has 0 fully saturated rings. The maximum Gasteiger partial charge on any atom is 0.0793 e. The molecule has 1 atom stereocenters. The normalized spacial score (nSPS) is 12.4. The number of hydrogen-bond acceptors (Lipinski definition) is 2. The fourth-order valence-corrected chi connectivity index (χ4v) is 2.22. The van der Waals surface area contributed by atoms with Gasteiger partial charge in [-0.3, -0.25) is 4.98 Å². The van der Waals surface area contributed by atoms with E-state index in [9.17, 15) is 5.11 Å². The van der Waals surface area contributed by atoms with Crippen LogP contribution in [0.15, 0.2) is 42.7 Å². The van der Waals surface area contributed by atoms with Crippen LogP contribution in [0, 0.1) is 13.8 Å². The Morgan fingerprint density at radius 2 is 1.67 bits per heavy atom. The maximum atomic E-state index is 10.2. The van der Waals surface area contributed by atoms with Gasteiger partial charge in [0.25, 0.3) is 0 Å². The zero-order chi connectivity index (χ0) is 13.0. The van der Waals surface area contributed by atoms with Gasteiger partial charge < -0.3 is 5.11 Å². The van der Waals surface area contributed by atoms with Crippen molar-refractivity contribution in [2.75, 3.05) is 0 Å². The summed E-state index contributed by atoms with van der Waals surface area (Å²) < 4.78 is 0. The smallest absolute Gasteiger partial charge is 0.0793 e. The molecule has 0 aliphatic carbocycles. The van der Waals surface area contributed by atoms with Crippen molar-refractivity contribution in [1.29, 1.82) is 0 Å². The van der Waals surface area contributed by atoms with E-state index in [0.29, 0.717) is 0 Å². The predicted octanol–water partition coefficient (Wildman–Crippen LogP) is 3.36. The molecule has 0 amide bonds. The third-order valence-electron chi connectivity index (χ3n) is 3.08. The molecule has 0 aliphatic rings. The number of nitrogens with zero attached hydrogens (tertiary/aromatic N) is 1. The third kappa shape index (κ3) is 3.41. The Bertz CT molecular complexity index is 488. The van der Waals surface area contributed by atoms with E-state index < -0.39 is 6.10 Å². The molecule has 2 nitrogen and oxygen atoms in total. The molecule has 0 bridgehead atoms. The predicted molar refractivity (Wildman–Crippen MR) is 73.4 cm³/mol. The summed E-state index contributed by atoms with van der Waals surface area (Å²) in [7, 11) is 0. The Kier molecular flexibility index (Phi) is 4.11. The van der Waals surface area contributed by atoms with Gasteiger partial charge in [0.05, 0.1) is 6.10 Å². The lowest BCUT2D eigenvalue weighted by Gasteiger charge is -2.12. The van der Waals surface area contributed by atoms with Crippen molar-refractivity contribution in [1.82, 2.24) is 4.98 Å². The van der Waals surface area contributed by atoms with Gasteiger partial charge in [0.1, 0.15) is 0 Å². The first-order chi connectivity index (χ1) is 8.65. The summed E-state index contributed by atoms with van der Waals surface area (Å²) in [5.74, 6) is 0. The van der Waals surface area contributed by atoms with Crippen LogP contribution in [0.1, 0.15) is 34.8 Å². The molecule has 94 valence electrons. The molecule has 0 saturated heterocycles. The van der Waals surface area contributed by atoms with E-state index in [1.54, 1.807) is 12.4 Å². The Morgan fingerprint density at radius 1 is 1.06 bits per heavy atom. The molecule has 0 saturated carbocycles.